The number of benzene rings is 2. The van der Waals surface area contributed by atoms with Gasteiger partial charge in [0.05, 0.1) is 6.04 Å². The summed E-state index contributed by atoms with van der Waals surface area (Å²) in [5.74, 6) is 0. The lowest BCUT2D eigenvalue weighted by Gasteiger charge is -2.15. The molecular weight excluding hydrogens is 253 g/mol. The number of aryl methyl sites for hydroxylation is 1. The fourth-order valence-corrected chi connectivity index (χ4v) is 2.40. The molecule has 2 rings (SSSR count). The number of rotatable bonds is 2. The fourth-order valence-electron chi connectivity index (χ4n) is 1.85. The summed E-state index contributed by atoms with van der Waals surface area (Å²) in [7, 11) is 0. The highest BCUT2D eigenvalue weighted by Crippen LogP contribution is 2.28. The van der Waals surface area contributed by atoms with E-state index in [1.807, 2.05) is 49.4 Å². The van der Waals surface area contributed by atoms with E-state index in [0.717, 1.165) is 16.7 Å². The lowest BCUT2D eigenvalue weighted by molar-refractivity contribution is 0.870. The lowest BCUT2D eigenvalue weighted by atomic mass is 9.98. The molecule has 0 bridgehead atoms. The first-order valence-corrected chi connectivity index (χ1v) is 6.10. The Labute approximate surface area is 111 Å². The van der Waals surface area contributed by atoms with Gasteiger partial charge in [-0.2, -0.15) is 0 Å². The quantitative estimate of drug-likeness (QED) is 0.859. The van der Waals surface area contributed by atoms with Gasteiger partial charge in [-0.15, -0.1) is 0 Å². The third kappa shape index (κ3) is 2.81. The largest absolute Gasteiger partial charge is 0.320 e. The van der Waals surface area contributed by atoms with E-state index < -0.39 is 0 Å². The van der Waals surface area contributed by atoms with Gasteiger partial charge in [-0.1, -0.05) is 47.5 Å². The highest BCUT2D eigenvalue weighted by Gasteiger charge is 2.12. The molecule has 0 aliphatic rings. The first-order valence-electron chi connectivity index (χ1n) is 5.35. The van der Waals surface area contributed by atoms with Crippen LogP contribution in [0.1, 0.15) is 22.7 Å². The van der Waals surface area contributed by atoms with E-state index in [-0.39, 0.29) is 6.04 Å². The molecule has 2 aromatic rings. The van der Waals surface area contributed by atoms with Crippen molar-refractivity contribution < 1.29 is 0 Å². The van der Waals surface area contributed by atoms with Crippen molar-refractivity contribution in [1.82, 2.24) is 0 Å². The molecule has 0 aromatic heterocycles. The summed E-state index contributed by atoms with van der Waals surface area (Å²) in [5.41, 5.74) is 9.19. The van der Waals surface area contributed by atoms with Crippen molar-refractivity contribution in [1.29, 1.82) is 0 Å². The summed E-state index contributed by atoms with van der Waals surface area (Å²) in [6.07, 6.45) is 0. The smallest absolute Gasteiger partial charge is 0.0567 e. The first kappa shape index (κ1) is 12.4. The fraction of sp³-hybridized carbons (Fsp3) is 0.143. The van der Waals surface area contributed by atoms with Crippen LogP contribution < -0.4 is 5.73 Å². The monoisotopic (exact) mass is 265 g/mol. The zero-order chi connectivity index (χ0) is 12.4. The van der Waals surface area contributed by atoms with E-state index in [9.17, 15) is 0 Å². The van der Waals surface area contributed by atoms with Crippen LogP contribution in [0.25, 0.3) is 0 Å². The second-order valence-electron chi connectivity index (χ2n) is 4.06. The molecule has 2 N–H and O–H groups in total. The minimum atomic E-state index is -0.249. The molecule has 0 saturated heterocycles. The number of hydrogen-bond acceptors (Lipinski definition) is 1. The molecule has 2 aromatic carbocycles. The van der Waals surface area contributed by atoms with Crippen LogP contribution in [0, 0.1) is 6.92 Å². The van der Waals surface area contributed by atoms with Crippen molar-refractivity contribution in [3.05, 3.63) is 69.2 Å². The minimum Gasteiger partial charge on any atom is -0.320 e. The van der Waals surface area contributed by atoms with Crippen LogP contribution in [0.4, 0.5) is 0 Å². The Kier molecular flexibility index (Phi) is 3.72. The van der Waals surface area contributed by atoms with Gasteiger partial charge in [-0.05, 0) is 41.8 Å². The molecule has 0 amide bonds. The van der Waals surface area contributed by atoms with Crippen LogP contribution in [0.2, 0.25) is 10.0 Å². The minimum absolute atomic E-state index is 0.249. The van der Waals surface area contributed by atoms with Gasteiger partial charge in [0.25, 0.3) is 0 Å². The number of nitrogens with two attached hydrogens (primary N) is 1. The topological polar surface area (TPSA) is 26.0 Å². The van der Waals surface area contributed by atoms with Crippen molar-refractivity contribution >= 4 is 23.2 Å². The van der Waals surface area contributed by atoms with Crippen LogP contribution in [0.15, 0.2) is 42.5 Å². The zero-order valence-corrected chi connectivity index (χ0v) is 11.0. The van der Waals surface area contributed by atoms with Crippen molar-refractivity contribution in [2.75, 3.05) is 0 Å². The van der Waals surface area contributed by atoms with Crippen LogP contribution in [-0.2, 0) is 0 Å². The Morgan fingerprint density at radius 3 is 2.41 bits per heavy atom. The summed E-state index contributed by atoms with van der Waals surface area (Å²) in [6.45, 7) is 1.99. The predicted molar refractivity (Wildman–Crippen MR) is 73.7 cm³/mol. The van der Waals surface area contributed by atoms with Crippen LogP contribution in [0.5, 0.6) is 0 Å². The molecular formula is C14H13Cl2N. The van der Waals surface area contributed by atoms with Crippen LogP contribution in [-0.4, -0.2) is 0 Å². The van der Waals surface area contributed by atoms with E-state index in [0.29, 0.717) is 10.0 Å². The van der Waals surface area contributed by atoms with Crippen LogP contribution >= 0.6 is 23.2 Å². The van der Waals surface area contributed by atoms with Gasteiger partial charge in [0.1, 0.15) is 0 Å². The van der Waals surface area contributed by atoms with Gasteiger partial charge in [0, 0.05) is 10.0 Å². The third-order valence-corrected chi connectivity index (χ3v) is 3.23. The maximum absolute atomic E-state index is 6.21. The van der Waals surface area contributed by atoms with Gasteiger partial charge < -0.3 is 5.73 Å². The second-order valence-corrected chi connectivity index (χ2v) is 4.90. The molecule has 0 heterocycles. The van der Waals surface area contributed by atoms with E-state index in [2.05, 4.69) is 0 Å². The Balaban J connectivity index is 2.43. The van der Waals surface area contributed by atoms with Crippen LogP contribution in [0.3, 0.4) is 0 Å². The molecule has 1 nitrogen and oxygen atoms in total. The molecule has 0 aliphatic carbocycles. The highest BCUT2D eigenvalue weighted by atomic mass is 35.5. The molecule has 0 spiro atoms. The molecule has 0 radical (unpaired) electrons. The summed E-state index contributed by atoms with van der Waals surface area (Å²) in [6, 6.07) is 13.2. The molecule has 88 valence electrons. The molecule has 1 unspecified atom stereocenters. The first-order chi connectivity index (χ1) is 8.08. The van der Waals surface area contributed by atoms with Gasteiger partial charge in [-0.3, -0.25) is 0 Å². The number of halogens is 2. The van der Waals surface area contributed by atoms with Gasteiger partial charge in [0.2, 0.25) is 0 Å². The lowest BCUT2D eigenvalue weighted by Crippen LogP contribution is -2.12. The molecule has 17 heavy (non-hydrogen) atoms. The highest BCUT2D eigenvalue weighted by molar-refractivity contribution is 6.31. The van der Waals surface area contributed by atoms with Crippen molar-refractivity contribution in [2.45, 2.75) is 13.0 Å². The van der Waals surface area contributed by atoms with E-state index in [1.165, 1.54) is 0 Å². The Bertz CT molecular complexity index is 517. The van der Waals surface area contributed by atoms with E-state index in [1.54, 1.807) is 0 Å². The van der Waals surface area contributed by atoms with E-state index >= 15 is 0 Å². The average molecular weight is 266 g/mol. The molecule has 0 aliphatic heterocycles. The normalized spacial score (nSPS) is 12.5. The predicted octanol–water partition coefficient (Wildman–Crippen LogP) is 4.35. The van der Waals surface area contributed by atoms with Crippen molar-refractivity contribution in [3.63, 3.8) is 0 Å². The van der Waals surface area contributed by atoms with Gasteiger partial charge in [-0.25, -0.2) is 0 Å². The van der Waals surface area contributed by atoms with Crippen molar-refractivity contribution in [3.8, 4) is 0 Å². The zero-order valence-electron chi connectivity index (χ0n) is 9.45. The molecule has 0 saturated carbocycles. The van der Waals surface area contributed by atoms with Gasteiger partial charge >= 0.3 is 0 Å². The Morgan fingerprint density at radius 2 is 1.76 bits per heavy atom. The standard InChI is InChI=1S/C14H13Cl2N/c1-9-6-10(8-11(15)7-9)14(17)12-4-2-3-5-13(12)16/h2-8,14H,17H2,1H3. The van der Waals surface area contributed by atoms with Crippen molar-refractivity contribution in [2.24, 2.45) is 5.73 Å². The summed E-state index contributed by atoms with van der Waals surface area (Å²) < 4.78 is 0. The second kappa shape index (κ2) is 5.09. The summed E-state index contributed by atoms with van der Waals surface area (Å²) in [5, 5.41) is 1.38. The SMILES string of the molecule is Cc1cc(Cl)cc(C(N)c2ccccc2Cl)c1. The molecule has 0 fully saturated rings. The van der Waals surface area contributed by atoms with E-state index in [4.69, 9.17) is 28.9 Å². The Hall–Kier alpha value is -1.02. The third-order valence-electron chi connectivity index (χ3n) is 2.66. The Morgan fingerprint density at radius 1 is 1.06 bits per heavy atom. The summed E-state index contributed by atoms with van der Waals surface area (Å²) >= 11 is 12.2. The molecule has 3 heteroatoms. The number of hydrogen-bond donors (Lipinski definition) is 1. The molecule has 1 atom stereocenters. The maximum Gasteiger partial charge on any atom is 0.0567 e. The summed E-state index contributed by atoms with van der Waals surface area (Å²) in [4.78, 5) is 0. The average Bonchev–Trinajstić information content (AvgIpc) is 2.27. The maximum atomic E-state index is 6.21. The van der Waals surface area contributed by atoms with Gasteiger partial charge in [0.15, 0.2) is 0 Å².